The molecule has 2 aromatic heterocycles. The first-order valence-corrected chi connectivity index (χ1v) is 12.4. The van der Waals surface area contributed by atoms with Crippen molar-refractivity contribution in [3.05, 3.63) is 113 Å². The van der Waals surface area contributed by atoms with Gasteiger partial charge in [-0.2, -0.15) is 5.10 Å². The van der Waals surface area contributed by atoms with Crippen LogP contribution in [0, 0.1) is 26.2 Å². The highest BCUT2D eigenvalue weighted by Gasteiger charge is 2.12. The number of nitrogens with zero attached hydrogens (tertiary/aromatic N) is 2. The Balaban J connectivity index is 1.21. The fraction of sp³-hybridized carbons (Fsp3) is 0.125. The van der Waals surface area contributed by atoms with E-state index in [1.54, 1.807) is 18.3 Å². The molecule has 5 aromatic rings. The topological polar surface area (TPSA) is 78.0 Å². The summed E-state index contributed by atoms with van der Waals surface area (Å²) in [5.74, 6) is 3.90. The highest BCUT2D eigenvalue weighted by molar-refractivity contribution is 6.03. The number of carbonyl (C=O) groups is 1. The number of carbonyl (C=O) groups excluding carboxylic acids is 1. The molecular formula is C32H27N3O4. The zero-order valence-electron chi connectivity index (χ0n) is 21.7. The van der Waals surface area contributed by atoms with Crippen LogP contribution >= 0.6 is 0 Å². The van der Waals surface area contributed by atoms with Gasteiger partial charge in [0.15, 0.2) is 5.76 Å². The van der Waals surface area contributed by atoms with Crippen LogP contribution in [0.5, 0.6) is 11.5 Å². The fourth-order valence-electron chi connectivity index (χ4n) is 4.36. The summed E-state index contributed by atoms with van der Waals surface area (Å²) in [4.78, 5) is 12.6. The lowest BCUT2D eigenvalue weighted by atomic mass is 10.0. The van der Waals surface area contributed by atoms with Gasteiger partial charge in [-0.15, -0.1) is 6.42 Å². The highest BCUT2D eigenvalue weighted by Crippen LogP contribution is 2.27. The lowest BCUT2D eigenvalue weighted by Crippen LogP contribution is -2.17. The Labute approximate surface area is 226 Å². The number of ether oxygens (including phenoxy) is 2. The number of furan rings is 1. The van der Waals surface area contributed by atoms with Crippen molar-refractivity contribution in [2.45, 2.75) is 20.5 Å². The van der Waals surface area contributed by atoms with Gasteiger partial charge in [-0.1, -0.05) is 36.3 Å². The van der Waals surface area contributed by atoms with E-state index in [0.717, 1.165) is 16.5 Å². The molecule has 5 rings (SSSR count). The van der Waals surface area contributed by atoms with E-state index in [9.17, 15) is 4.79 Å². The quantitative estimate of drug-likeness (QED) is 0.144. The normalized spacial score (nSPS) is 11.0. The molecule has 7 heteroatoms. The van der Waals surface area contributed by atoms with Gasteiger partial charge in [0.1, 0.15) is 30.5 Å². The van der Waals surface area contributed by atoms with E-state index in [4.69, 9.17) is 20.3 Å². The van der Waals surface area contributed by atoms with Crippen molar-refractivity contribution >= 4 is 22.9 Å². The summed E-state index contributed by atoms with van der Waals surface area (Å²) in [6.45, 7) is 4.45. The number of hydrazone groups is 1. The van der Waals surface area contributed by atoms with Crippen molar-refractivity contribution in [3.63, 3.8) is 0 Å². The first-order chi connectivity index (χ1) is 19.0. The average Bonchev–Trinajstić information content (AvgIpc) is 3.57. The number of terminal acetylenes is 1. The van der Waals surface area contributed by atoms with Crippen molar-refractivity contribution in [2.24, 2.45) is 5.10 Å². The van der Waals surface area contributed by atoms with Gasteiger partial charge in [0.25, 0.3) is 0 Å². The molecule has 0 aliphatic heterocycles. The lowest BCUT2D eigenvalue weighted by Gasteiger charge is -2.10. The van der Waals surface area contributed by atoms with Gasteiger partial charge in [-0.25, -0.2) is 5.43 Å². The summed E-state index contributed by atoms with van der Waals surface area (Å²) in [6, 6.07) is 26.9. The van der Waals surface area contributed by atoms with Crippen LogP contribution in [-0.4, -0.2) is 23.3 Å². The maximum Gasteiger partial charge on any atom is 0.307 e. The van der Waals surface area contributed by atoms with Crippen LogP contribution < -0.4 is 14.9 Å². The van der Waals surface area contributed by atoms with Gasteiger partial charge in [0.2, 0.25) is 0 Å². The molecule has 1 N–H and O–H groups in total. The highest BCUT2D eigenvalue weighted by atomic mass is 16.5. The van der Waals surface area contributed by atoms with Crippen molar-refractivity contribution < 1.29 is 18.7 Å². The lowest BCUT2D eigenvalue weighted by molar-refractivity contribution is 0.0923. The number of fused-ring (bicyclic) bond motifs is 1. The van der Waals surface area contributed by atoms with Gasteiger partial charge in [-0.3, -0.25) is 4.79 Å². The van der Waals surface area contributed by atoms with Crippen LogP contribution in [0.3, 0.4) is 0 Å². The van der Waals surface area contributed by atoms with E-state index in [1.165, 1.54) is 11.4 Å². The van der Waals surface area contributed by atoms with Crippen LogP contribution in [-0.2, 0) is 6.61 Å². The minimum atomic E-state index is -0.481. The molecule has 0 atom stereocenters. The van der Waals surface area contributed by atoms with E-state index in [0.29, 0.717) is 22.8 Å². The second kappa shape index (κ2) is 11.4. The van der Waals surface area contributed by atoms with Crippen LogP contribution in [0.4, 0.5) is 0 Å². The molecule has 0 unspecified atom stereocenters. The predicted octanol–water partition coefficient (Wildman–Crippen LogP) is 6.20. The maximum atomic E-state index is 12.6. The monoisotopic (exact) mass is 517 g/mol. The second-order valence-electron chi connectivity index (χ2n) is 8.89. The smallest absolute Gasteiger partial charge is 0.307 e. The van der Waals surface area contributed by atoms with E-state index in [-0.39, 0.29) is 19.0 Å². The minimum absolute atomic E-state index is 0.124. The third kappa shape index (κ3) is 5.71. The van der Waals surface area contributed by atoms with Gasteiger partial charge < -0.3 is 18.5 Å². The molecule has 0 bridgehead atoms. The van der Waals surface area contributed by atoms with E-state index >= 15 is 0 Å². The Morgan fingerprint density at radius 2 is 1.74 bits per heavy atom. The number of rotatable bonds is 9. The third-order valence-electron chi connectivity index (χ3n) is 6.23. The van der Waals surface area contributed by atoms with Crippen LogP contribution in [0.1, 0.15) is 33.3 Å². The van der Waals surface area contributed by atoms with Crippen LogP contribution in [0.25, 0.3) is 16.5 Å². The Kier molecular flexibility index (Phi) is 7.46. The fourth-order valence-corrected chi connectivity index (χ4v) is 4.36. The molecule has 0 aliphatic carbocycles. The third-order valence-corrected chi connectivity index (χ3v) is 6.23. The average molecular weight is 518 g/mol. The molecule has 0 aliphatic rings. The standard InChI is InChI=1S/C32H27N3O4/c1-4-19-37-30-17-11-24-7-5-6-8-28(24)29(30)20-33-34-32(36)31-18-16-27(39-31)21-38-26-14-12-25(13-15-26)35-22(2)9-10-23(35)3/h1,5-18,20H,19,21H2,2-3H3,(H,34,36)/b33-20+. The molecule has 0 saturated heterocycles. The number of benzene rings is 3. The van der Waals surface area contributed by atoms with Gasteiger partial charge in [0.05, 0.1) is 6.21 Å². The number of amides is 1. The Hall–Kier alpha value is -5.22. The number of hydrogen-bond donors (Lipinski definition) is 1. The van der Waals surface area contributed by atoms with E-state index in [2.05, 4.69) is 47.0 Å². The van der Waals surface area contributed by atoms with Crippen molar-refractivity contribution in [2.75, 3.05) is 6.61 Å². The Bertz CT molecular complexity index is 1670. The molecule has 0 fully saturated rings. The van der Waals surface area contributed by atoms with Gasteiger partial charge >= 0.3 is 5.91 Å². The molecule has 194 valence electrons. The van der Waals surface area contributed by atoms with Gasteiger partial charge in [0, 0.05) is 22.6 Å². The second-order valence-corrected chi connectivity index (χ2v) is 8.89. The Morgan fingerprint density at radius 3 is 2.51 bits per heavy atom. The molecule has 7 nitrogen and oxygen atoms in total. The van der Waals surface area contributed by atoms with E-state index < -0.39 is 5.91 Å². The summed E-state index contributed by atoms with van der Waals surface area (Å²) >= 11 is 0. The summed E-state index contributed by atoms with van der Waals surface area (Å²) in [5.41, 5.74) is 6.63. The number of aromatic nitrogens is 1. The molecule has 39 heavy (non-hydrogen) atoms. The first-order valence-electron chi connectivity index (χ1n) is 12.4. The number of hydrogen-bond acceptors (Lipinski definition) is 5. The zero-order chi connectivity index (χ0) is 27.2. The molecule has 2 heterocycles. The van der Waals surface area contributed by atoms with Crippen molar-refractivity contribution in [3.8, 4) is 29.5 Å². The maximum absolute atomic E-state index is 12.6. The summed E-state index contributed by atoms with van der Waals surface area (Å²) in [7, 11) is 0. The molecule has 1 amide bonds. The van der Waals surface area contributed by atoms with Crippen LogP contribution in [0.15, 0.2) is 94.4 Å². The number of nitrogens with one attached hydrogen (secondary N) is 1. The summed E-state index contributed by atoms with van der Waals surface area (Å²) in [5, 5.41) is 6.07. The predicted molar refractivity (Wildman–Crippen MR) is 152 cm³/mol. The van der Waals surface area contributed by atoms with Crippen LogP contribution in [0.2, 0.25) is 0 Å². The summed E-state index contributed by atoms with van der Waals surface area (Å²) < 4.78 is 19.4. The number of aryl methyl sites for hydroxylation is 2. The first kappa shape index (κ1) is 25.4. The van der Waals surface area contributed by atoms with Gasteiger partial charge in [-0.05, 0) is 79.2 Å². The van der Waals surface area contributed by atoms with Crippen molar-refractivity contribution in [1.82, 2.24) is 9.99 Å². The Morgan fingerprint density at radius 1 is 0.974 bits per heavy atom. The molecular weight excluding hydrogens is 490 g/mol. The molecule has 0 radical (unpaired) electrons. The molecule has 0 spiro atoms. The largest absolute Gasteiger partial charge is 0.486 e. The SMILES string of the molecule is C#CCOc1ccc2ccccc2c1/C=N/NC(=O)c1ccc(COc2ccc(-n3c(C)ccc3C)cc2)o1. The zero-order valence-corrected chi connectivity index (χ0v) is 21.7. The molecule has 0 saturated carbocycles. The summed E-state index contributed by atoms with van der Waals surface area (Å²) in [6.07, 6.45) is 6.89. The minimum Gasteiger partial charge on any atom is -0.486 e. The molecule has 3 aromatic carbocycles. The van der Waals surface area contributed by atoms with E-state index in [1.807, 2.05) is 60.7 Å². The van der Waals surface area contributed by atoms with Crippen molar-refractivity contribution in [1.29, 1.82) is 0 Å².